The fourth-order valence-corrected chi connectivity index (χ4v) is 4.14. The smallest absolute Gasteiger partial charge is 0.253 e. The predicted molar refractivity (Wildman–Crippen MR) is 122 cm³/mol. The molecule has 160 valence electrons. The number of nitrogens with zero attached hydrogens (tertiary/aromatic N) is 1. The number of hydrogen-bond donors (Lipinski definition) is 1. The Hall–Kier alpha value is -1.73. The summed E-state index contributed by atoms with van der Waals surface area (Å²) >= 11 is 13.8. The van der Waals surface area contributed by atoms with Crippen molar-refractivity contribution in [2.75, 3.05) is 31.7 Å². The summed E-state index contributed by atoms with van der Waals surface area (Å²) in [6.45, 7) is 1.35. The minimum atomic E-state index is -0.620. The molecule has 8 heteroatoms. The van der Waals surface area contributed by atoms with E-state index >= 15 is 0 Å². The van der Waals surface area contributed by atoms with E-state index in [0.29, 0.717) is 41.7 Å². The lowest BCUT2D eigenvalue weighted by molar-refractivity contribution is -0.141. The van der Waals surface area contributed by atoms with Gasteiger partial charge in [0, 0.05) is 11.6 Å². The summed E-state index contributed by atoms with van der Waals surface area (Å²) in [5.41, 5.74) is 1.33. The van der Waals surface area contributed by atoms with E-state index in [2.05, 4.69) is 5.32 Å². The van der Waals surface area contributed by atoms with Crippen molar-refractivity contribution in [3.8, 4) is 0 Å². The second kappa shape index (κ2) is 11.0. The zero-order chi connectivity index (χ0) is 21.5. The molecule has 30 heavy (non-hydrogen) atoms. The van der Waals surface area contributed by atoms with Gasteiger partial charge in [-0.05, 0) is 48.3 Å². The number of carbonyl (C=O) groups excluding carboxylic acids is 2. The van der Waals surface area contributed by atoms with Crippen LogP contribution in [0.5, 0.6) is 0 Å². The van der Waals surface area contributed by atoms with Gasteiger partial charge in [-0.3, -0.25) is 9.59 Å². The maximum Gasteiger partial charge on any atom is 0.253 e. The Morgan fingerprint density at radius 3 is 2.63 bits per heavy atom. The van der Waals surface area contributed by atoms with Crippen molar-refractivity contribution in [3.05, 3.63) is 69.7 Å². The van der Waals surface area contributed by atoms with Crippen LogP contribution in [0.3, 0.4) is 0 Å². The van der Waals surface area contributed by atoms with Gasteiger partial charge in [0.15, 0.2) is 0 Å². The molecule has 0 bridgehead atoms. The summed E-state index contributed by atoms with van der Waals surface area (Å²) in [7, 11) is 0. The highest BCUT2D eigenvalue weighted by Crippen LogP contribution is 2.24. The summed E-state index contributed by atoms with van der Waals surface area (Å²) < 4.78 is 5.87. The third kappa shape index (κ3) is 5.91. The molecule has 0 saturated carbocycles. The van der Waals surface area contributed by atoms with Crippen LogP contribution >= 0.6 is 35.0 Å². The third-order valence-electron chi connectivity index (χ3n) is 4.95. The molecule has 0 spiro atoms. The zero-order valence-corrected chi connectivity index (χ0v) is 19.0. The molecule has 5 nitrogen and oxygen atoms in total. The average Bonchev–Trinajstić information content (AvgIpc) is 2.77. The molecular weight excluding hydrogens is 443 g/mol. The topological polar surface area (TPSA) is 58.6 Å². The van der Waals surface area contributed by atoms with Crippen molar-refractivity contribution in [1.29, 1.82) is 0 Å². The number of halogens is 2. The van der Waals surface area contributed by atoms with Crippen LogP contribution in [0.1, 0.15) is 28.4 Å². The fraction of sp³-hybridized carbons (Fsp3) is 0.364. The molecule has 1 N–H and O–H groups in total. The highest BCUT2D eigenvalue weighted by atomic mass is 35.5. The maximum atomic E-state index is 13.3. The van der Waals surface area contributed by atoms with Crippen LogP contribution in [0.25, 0.3) is 0 Å². The van der Waals surface area contributed by atoms with E-state index in [1.807, 2.05) is 30.5 Å². The molecule has 0 aromatic heterocycles. The van der Waals surface area contributed by atoms with Crippen LogP contribution in [0, 0.1) is 0 Å². The lowest BCUT2D eigenvalue weighted by atomic mass is 10.1. The Balaban J connectivity index is 1.71. The van der Waals surface area contributed by atoms with Gasteiger partial charge >= 0.3 is 0 Å². The quantitative estimate of drug-likeness (QED) is 0.654. The molecule has 1 aliphatic heterocycles. The minimum Gasteiger partial charge on any atom is -0.370 e. The normalized spacial score (nSPS) is 17.4. The molecule has 2 unspecified atom stereocenters. The average molecular weight is 467 g/mol. The maximum absolute atomic E-state index is 13.3. The molecule has 2 aromatic carbocycles. The number of rotatable bonds is 7. The first-order valence-electron chi connectivity index (χ1n) is 9.69. The van der Waals surface area contributed by atoms with Crippen molar-refractivity contribution < 1.29 is 14.3 Å². The molecule has 1 fully saturated rings. The Morgan fingerprint density at radius 2 is 1.93 bits per heavy atom. The molecule has 3 rings (SSSR count). The lowest BCUT2D eigenvalue weighted by Crippen LogP contribution is -2.52. The Bertz CT molecular complexity index is 879. The first kappa shape index (κ1) is 22.9. The van der Waals surface area contributed by atoms with E-state index in [9.17, 15) is 9.59 Å². The van der Waals surface area contributed by atoms with Crippen molar-refractivity contribution in [3.63, 3.8) is 0 Å². The predicted octanol–water partition coefficient (Wildman–Crippen LogP) is 4.45. The Morgan fingerprint density at radius 1 is 1.20 bits per heavy atom. The second-order valence-electron chi connectivity index (χ2n) is 6.98. The lowest BCUT2D eigenvalue weighted by Gasteiger charge is -2.35. The summed E-state index contributed by atoms with van der Waals surface area (Å²) in [4.78, 5) is 27.8. The first-order chi connectivity index (χ1) is 14.5. The summed E-state index contributed by atoms with van der Waals surface area (Å²) in [6.07, 6.45) is 2.29. The number of morpholine rings is 1. The van der Waals surface area contributed by atoms with Crippen LogP contribution in [0.15, 0.2) is 48.5 Å². The van der Waals surface area contributed by atoms with Gasteiger partial charge in [0.05, 0.1) is 23.7 Å². The van der Waals surface area contributed by atoms with Gasteiger partial charge in [-0.2, -0.15) is 11.8 Å². The SMILES string of the molecule is CSCCC(NC(=O)c1ccccc1Cl)C(=O)N1CCOC(c2ccc(Cl)cc2)C1. The largest absolute Gasteiger partial charge is 0.370 e. The highest BCUT2D eigenvalue weighted by molar-refractivity contribution is 7.98. The van der Waals surface area contributed by atoms with Gasteiger partial charge in [-0.15, -0.1) is 0 Å². The van der Waals surface area contributed by atoms with Crippen molar-refractivity contribution in [1.82, 2.24) is 10.2 Å². The number of amides is 2. The molecule has 2 amide bonds. The highest BCUT2D eigenvalue weighted by Gasteiger charge is 2.31. The molecule has 0 aliphatic carbocycles. The third-order valence-corrected chi connectivity index (χ3v) is 6.18. The van der Waals surface area contributed by atoms with Crippen LogP contribution in [0.4, 0.5) is 0 Å². The number of nitrogens with one attached hydrogen (secondary N) is 1. The number of carbonyl (C=O) groups is 2. The van der Waals surface area contributed by atoms with Crippen LogP contribution in [-0.4, -0.2) is 54.5 Å². The monoisotopic (exact) mass is 466 g/mol. The van der Waals surface area contributed by atoms with E-state index in [0.717, 1.165) is 11.3 Å². The van der Waals surface area contributed by atoms with Gasteiger partial charge in [-0.1, -0.05) is 47.5 Å². The molecule has 2 atom stereocenters. The molecule has 1 saturated heterocycles. The molecule has 0 radical (unpaired) electrons. The molecule has 2 aromatic rings. The summed E-state index contributed by atoms with van der Waals surface area (Å²) in [5, 5.41) is 3.90. The van der Waals surface area contributed by atoms with Crippen molar-refractivity contribution >= 4 is 46.8 Å². The number of thioether (sulfide) groups is 1. The van der Waals surface area contributed by atoms with E-state index in [4.69, 9.17) is 27.9 Å². The number of hydrogen-bond acceptors (Lipinski definition) is 4. The van der Waals surface area contributed by atoms with Gasteiger partial charge in [0.1, 0.15) is 12.1 Å². The van der Waals surface area contributed by atoms with Gasteiger partial charge in [0.25, 0.3) is 5.91 Å². The standard InChI is InChI=1S/C22H24Cl2N2O3S/c1-30-13-10-19(25-21(27)17-4-2-3-5-18(17)24)22(28)26-11-12-29-20(14-26)15-6-8-16(23)9-7-15/h2-9,19-20H,10-14H2,1H3,(H,25,27). The second-order valence-corrected chi connectivity index (χ2v) is 8.81. The Labute approximate surface area is 191 Å². The first-order valence-corrected chi connectivity index (χ1v) is 11.8. The number of benzene rings is 2. The van der Waals surface area contributed by atoms with E-state index in [1.54, 1.807) is 40.9 Å². The van der Waals surface area contributed by atoms with Crippen LogP contribution in [-0.2, 0) is 9.53 Å². The van der Waals surface area contributed by atoms with Crippen molar-refractivity contribution in [2.45, 2.75) is 18.6 Å². The van der Waals surface area contributed by atoms with Gasteiger partial charge in [0.2, 0.25) is 5.91 Å². The minimum absolute atomic E-state index is 0.105. The fourth-order valence-electron chi connectivity index (χ4n) is 3.32. The van der Waals surface area contributed by atoms with E-state index < -0.39 is 6.04 Å². The van der Waals surface area contributed by atoms with Gasteiger partial charge in [-0.25, -0.2) is 0 Å². The molecule has 1 aliphatic rings. The Kier molecular flexibility index (Phi) is 8.45. The zero-order valence-electron chi connectivity index (χ0n) is 16.6. The molecular formula is C22H24Cl2N2O3S. The van der Waals surface area contributed by atoms with E-state index in [1.165, 1.54) is 0 Å². The van der Waals surface area contributed by atoms with Crippen molar-refractivity contribution in [2.24, 2.45) is 0 Å². The van der Waals surface area contributed by atoms with Crippen LogP contribution < -0.4 is 5.32 Å². The summed E-state index contributed by atoms with van der Waals surface area (Å²) in [6, 6.07) is 13.6. The number of ether oxygens (including phenoxy) is 1. The van der Waals surface area contributed by atoms with E-state index in [-0.39, 0.29) is 17.9 Å². The van der Waals surface area contributed by atoms with Crippen LogP contribution in [0.2, 0.25) is 10.0 Å². The summed E-state index contributed by atoms with van der Waals surface area (Å²) in [5.74, 6) is 0.304. The molecule has 1 heterocycles. The van der Waals surface area contributed by atoms with Gasteiger partial charge < -0.3 is 15.0 Å².